The molecule has 0 aromatic heterocycles. The molecule has 1 aliphatic rings. The molecule has 0 atom stereocenters. The van der Waals surface area contributed by atoms with E-state index < -0.39 is 0 Å². The summed E-state index contributed by atoms with van der Waals surface area (Å²) in [4.78, 5) is 6.82. The fourth-order valence-corrected chi connectivity index (χ4v) is 3.18. The molecule has 0 radical (unpaired) electrons. The van der Waals surface area contributed by atoms with Gasteiger partial charge in [-0.1, -0.05) is 30.4 Å². The first kappa shape index (κ1) is 23.8. The zero-order valence-corrected chi connectivity index (χ0v) is 19.3. The van der Waals surface area contributed by atoms with E-state index in [0.29, 0.717) is 12.6 Å². The first-order valence-corrected chi connectivity index (χ1v) is 9.61. The van der Waals surface area contributed by atoms with E-state index in [4.69, 9.17) is 4.74 Å². The molecule has 0 amide bonds. The number of guanidine groups is 1. The maximum atomic E-state index is 5.83. The van der Waals surface area contributed by atoms with Crippen molar-refractivity contribution in [3.8, 4) is 5.75 Å². The zero-order valence-electron chi connectivity index (χ0n) is 17.0. The molecule has 152 valence electrons. The first-order chi connectivity index (χ1) is 12.6. The van der Waals surface area contributed by atoms with Crippen LogP contribution in [-0.2, 0) is 0 Å². The Hall–Kier alpha value is -1.28. The second-order valence-electron chi connectivity index (χ2n) is 7.12. The average Bonchev–Trinajstić information content (AvgIpc) is 2.63. The van der Waals surface area contributed by atoms with E-state index >= 15 is 0 Å². The van der Waals surface area contributed by atoms with Crippen molar-refractivity contribution < 1.29 is 4.74 Å². The monoisotopic (exact) mass is 486 g/mol. The third-order valence-electron chi connectivity index (χ3n) is 4.61. The Balaban J connectivity index is 0.00000364. The predicted molar refractivity (Wildman–Crippen MR) is 125 cm³/mol. The molecule has 0 bridgehead atoms. The molecular formula is C21H35IN4O. The number of ether oxygens (including phenoxy) is 1. The number of likely N-dealkylation sites (tertiary alicyclic amines) is 1. The van der Waals surface area contributed by atoms with Crippen LogP contribution >= 0.6 is 24.0 Å². The second kappa shape index (κ2) is 13.0. The van der Waals surface area contributed by atoms with Crippen LogP contribution in [0.5, 0.6) is 5.75 Å². The third kappa shape index (κ3) is 8.97. The number of halogens is 1. The number of hydrogen-bond acceptors (Lipinski definition) is 3. The highest BCUT2D eigenvalue weighted by atomic mass is 127. The molecule has 0 saturated carbocycles. The number of piperidine rings is 1. The molecule has 1 aromatic rings. The van der Waals surface area contributed by atoms with E-state index in [9.17, 15) is 0 Å². The Bertz CT molecular complexity index is 598. The van der Waals surface area contributed by atoms with E-state index in [0.717, 1.165) is 57.2 Å². The maximum absolute atomic E-state index is 5.83. The number of aryl methyl sites for hydroxylation is 1. The summed E-state index contributed by atoms with van der Waals surface area (Å²) in [6.07, 6.45) is 3.22. The highest BCUT2D eigenvalue weighted by Gasteiger charge is 2.19. The van der Waals surface area contributed by atoms with Crippen molar-refractivity contribution in [2.45, 2.75) is 39.2 Å². The Kier molecular flexibility index (Phi) is 11.4. The molecule has 2 N–H and O–H groups in total. The van der Waals surface area contributed by atoms with Crippen LogP contribution in [0.2, 0.25) is 0 Å². The van der Waals surface area contributed by atoms with Crippen LogP contribution < -0.4 is 15.4 Å². The van der Waals surface area contributed by atoms with Crippen molar-refractivity contribution in [2.75, 3.05) is 39.8 Å². The van der Waals surface area contributed by atoms with Gasteiger partial charge in [-0.2, -0.15) is 0 Å². The van der Waals surface area contributed by atoms with Gasteiger partial charge >= 0.3 is 0 Å². The van der Waals surface area contributed by atoms with Crippen LogP contribution in [-0.4, -0.2) is 56.7 Å². The van der Waals surface area contributed by atoms with Crippen molar-refractivity contribution in [3.05, 3.63) is 42.0 Å². The smallest absolute Gasteiger partial charge is 0.191 e. The van der Waals surface area contributed by atoms with Crippen molar-refractivity contribution >= 4 is 29.9 Å². The molecule has 1 aliphatic heterocycles. The van der Waals surface area contributed by atoms with Gasteiger partial charge in [-0.3, -0.25) is 9.89 Å². The number of rotatable bonds is 8. The Morgan fingerprint density at radius 1 is 1.30 bits per heavy atom. The molecular weight excluding hydrogens is 451 g/mol. The normalized spacial score (nSPS) is 15.7. The zero-order chi connectivity index (χ0) is 18.8. The maximum Gasteiger partial charge on any atom is 0.191 e. The Labute approximate surface area is 181 Å². The molecule has 1 heterocycles. The molecule has 1 fully saturated rings. The fraction of sp³-hybridized carbons (Fsp3) is 0.571. The van der Waals surface area contributed by atoms with Crippen molar-refractivity contribution in [2.24, 2.45) is 4.99 Å². The van der Waals surface area contributed by atoms with Crippen LogP contribution in [0, 0.1) is 6.92 Å². The Morgan fingerprint density at radius 2 is 2.00 bits per heavy atom. The summed E-state index contributed by atoms with van der Waals surface area (Å²) in [5.41, 5.74) is 2.41. The van der Waals surface area contributed by atoms with Gasteiger partial charge in [-0.05, 0) is 44.7 Å². The molecule has 0 spiro atoms. The van der Waals surface area contributed by atoms with Crippen LogP contribution in [0.25, 0.3) is 0 Å². The lowest BCUT2D eigenvalue weighted by Crippen LogP contribution is -2.49. The van der Waals surface area contributed by atoms with E-state index in [1.807, 2.05) is 25.2 Å². The van der Waals surface area contributed by atoms with E-state index in [-0.39, 0.29) is 24.0 Å². The number of aliphatic imine (C=N–C) groups is 1. The molecule has 0 aliphatic carbocycles. The number of benzene rings is 1. The van der Waals surface area contributed by atoms with Crippen molar-refractivity contribution in [1.82, 2.24) is 15.5 Å². The van der Waals surface area contributed by atoms with Gasteiger partial charge in [0.15, 0.2) is 5.96 Å². The van der Waals surface area contributed by atoms with Crippen molar-refractivity contribution in [3.63, 3.8) is 0 Å². The standard InChI is InChI=1S/C21H34N4O.HI/c1-17(2)16-25-13-10-19(11-14-25)24-21(22-4)23-12-7-15-26-20-9-6-5-8-18(20)3;/h5-6,8-9,19H,1,7,10-16H2,2-4H3,(H2,22,23,24);1H. The van der Waals surface area contributed by atoms with E-state index in [1.165, 1.54) is 11.1 Å². The van der Waals surface area contributed by atoms with Gasteiger partial charge < -0.3 is 15.4 Å². The molecule has 1 saturated heterocycles. The second-order valence-corrected chi connectivity index (χ2v) is 7.12. The molecule has 6 heteroatoms. The van der Waals surface area contributed by atoms with Crippen LogP contribution in [0.4, 0.5) is 0 Å². The third-order valence-corrected chi connectivity index (χ3v) is 4.61. The summed E-state index contributed by atoms with van der Waals surface area (Å²) in [6, 6.07) is 8.62. The van der Waals surface area contributed by atoms with Crippen LogP contribution in [0.3, 0.4) is 0 Å². The summed E-state index contributed by atoms with van der Waals surface area (Å²) >= 11 is 0. The van der Waals surface area contributed by atoms with Gasteiger partial charge in [0.2, 0.25) is 0 Å². The fourth-order valence-electron chi connectivity index (χ4n) is 3.18. The average molecular weight is 486 g/mol. The number of para-hydroxylation sites is 1. The molecule has 5 nitrogen and oxygen atoms in total. The lowest BCUT2D eigenvalue weighted by molar-refractivity contribution is 0.221. The SMILES string of the molecule is C=C(C)CN1CCC(NC(=NC)NCCCOc2ccccc2C)CC1.I. The predicted octanol–water partition coefficient (Wildman–Crippen LogP) is 3.59. The topological polar surface area (TPSA) is 48.9 Å². The quantitative estimate of drug-likeness (QED) is 0.194. The summed E-state index contributed by atoms with van der Waals surface area (Å²) in [5.74, 6) is 1.86. The summed E-state index contributed by atoms with van der Waals surface area (Å²) < 4.78 is 5.83. The van der Waals surface area contributed by atoms with Gasteiger partial charge in [-0.25, -0.2) is 0 Å². The van der Waals surface area contributed by atoms with E-state index in [2.05, 4.69) is 47.0 Å². The first-order valence-electron chi connectivity index (χ1n) is 9.61. The molecule has 0 unspecified atom stereocenters. The molecule has 27 heavy (non-hydrogen) atoms. The lowest BCUT2D eigenvalue weighted by atomic mass is 10.0. The highest BCUT2D eigenvalue weighted by Crippen LogP contribution is 2.16. The number of nitrogens with one attached hydrogen (secondary N) is 2. The summed E-state index contributed by atoms with van der Waals surface area (Å²) in [7, 11) is 1.83. The minimum absolute atomic E-state index is 0. The van der Waals surface area contributed by atoms with Gasteiger partial charge in [0.05, 0.1) is 6.61 Å². The largest absolute Gasteiger partial charge is 0.493 e. The highest BCUT2D eigenvalue weighted by molar-refractivity contribution is 14.0. The number of nitrogens with zero attached hydrogens (tertiary/aromatic N) is 2. The summed E-state index contributed by atoms with van der Waals surface area (Å²) in [6.45, 7) is 13.0. The van der Waals surface area contributed by atoms with Gasteiger partial charge in [0.25, 0.3) is 0 Å². The summed E-state index contributed by atoms with van der Waals surface area (Å²) in [5, 5.41) is 6.94. The van der Waals surface area contributed by atoms with Crippen molar-refractivity contribution in [1.29, 1.82) is 0 Å². The van der Waals surface area contributed by atoms with Gasteiger partial charge in [0.1, 0.15) is 5.75 Å². The van der Waals surface area contributed by atoms with Crippen LogP contribution in [0.1, 0.15) is 31.7 Å². The van der Waals surface area contributed by atoms with Gasteiger partial charge in [0, 0.05) is 39.3 Å². The van der Waals surface area contributed by atoms with Gasteiger partial charge in [-0.15, -0.1) is 24.0 Å². The minimum atomic E-state index is 0. The van der Waals surface area contributed by atoms with Crippen LogP contribution in [0.15, 0.2) is 41.4 Å². The van der Waals surface area contributed by atoms with E-state index in [1.54, 1.807) is 0 Å². The minimum Gasteiger partial charge on any atom is -0.493 e. The number of hydrogen-bond donors (Lipinski definition) is 2. The molecule has 2 rings (SSSR count). The lowest BCUT2D eigenvalue weighted by Gasteiger charge is -2.33. The molecule has 1 aromatic carbocycles. The Morgan fingerprint density at radius 3 is 2.63 bits per heavy atom.